The molecule has 1 aliphatic rings. The molecule has 4 nitrogen and oxygen atoms in total. The minimum Gasteiger partial charge on any atom is -0.392 e. The van der Waals surface area contributed by atoms with Gasteiger partial charge in [-0.2, -0.15) is 0 Å². The molecule has 1 fully saturated rings. The largest absolute Gasteiger partial charge is 0.392 e. The van der Waals surface area contributed by atoms with Crippen molar-refractivity contribution in [2.75, 3.05) is 13.1 Å². The molecule has 20 heavy (non-hydrogen) atoms. The summed E-state index contributed by atoms with van der Waals surface area (Å²) in [6.07, 6.45) is 4.18. The summed E-state index contributed by atoms with van der Waals surface area (Å²) in [5, 5.41) is 8.61. The van der Waals surface area contributed by atoms with E-state index in [4.69, 9.17) is 16.4 Å². The standard InChI is InChI=1S/C15H18ClN3O/c16-14-3-1-12(2-4-14)11-20-19-10-7-15(18-19)13-5-8-17-9-6-13/h1-4,7,10,13,17H,5-6,8-9,11H2. The summed E-state index contributed by atoms with van der Waals surface area (Å²) in [5.41, 5.74) is 2.20. The third kappa shape index (κ3) is 3.32. The van der Waals surface area contributed by atoms with Crippen molar-refractivity contribution in [2.45, 2.75) is 25.4 Å². The van der Waals surface area contributed by atoms with Gasteiger partial charge >= 0.3 is 0 Å². The molecule has 0 saturated carbocycles. The smallest absolute Gasteiger partial charge is 0.142 e. The van der Waals surface area contributed by atoms with Crippen LogP contribution in [0.3, 0.4) is 0 Å². The molecular formula is C15H18ClN3O. The number of hydrogen-bond donors (Lipinski definition) is 1. The molecule has 1 saturated heterocycles. The van der Waals surface area contributed by atoms with Crippen molar-refractivity contribution in [2.24, 2.45) is 0 Å². The Labute approximate surface area is 123 Å². The van der Waals surface area contributed by atoms with E-state index in [1.54, 1.807) is 4.85 Å². The molecule has 3 rings (SSSR count). The highest BCUT2D eigenvalue weighted by atomic mass is 35.5. The summed E-state index contributed by atoms with van der Waals surface area (Å²) in [5.74, 6) is 0.552. The van der Waals surface area contributed by atoms with Gasteiger partial charge in [0.1, 0.15) is 6.61 Å². The van der Waals surface area contributed by atoms with Gasteiger partial charge in [-0.05, 0) is 49.7 Å². The summed E-state index contributed by atoms with van der Waals surface area (Å²) in [6.45, 7) is 2.64. The molecule has 1 aliphatic heterocycles. The summed E-state index contributed by atoms with van der Waals surface area (Å²) < 4.78 is 0. The third-order valence-electron chi connectivity index (χ3n) is 3.62. The number of nitrogens with zero attached hydrogens (tertiary/aromatic N) is 2. The van der Waals surface area contributed by atoms with Crippen LogP contribution in [0.15, 0.2) is 36.5 Å². The van der Waals surface area contributed by atoms with E-state index in [1.165, 1.54) is 0 Å². The van der Waals surface area contributed by atoms with E-state index < -0.39 is 0 Å². The number of nitrogens with one attached hydrogen (secondary N) is 1. The van der Waals surface area contributed by atoms with Crippen LogP contribution < -0.4 is 10.2 Å². The van der Waals surface area contributed by atoms with Gasteiger partial charge in [-0.15, -0.1) is 9.94 Å². The number of hydrogen-bond acceptors (Lipinski definition) is 3. The monoisotopic (exact) mass is 291 g/mol. The second-order valence-electron chi connectivity index (χ2n) is 5.07. The normalized spacial score (nSPS) is 16.2. The van der Waals surface area contributed by atoms with E-state index >= 15 is 0 Å². The van der Waals surface area contributed by atoms with E-state index in [0.29, 0.717) is 12.5 Å². The van der Waals surface area contributed by atoms with Crippen molar-refractivity contribution in [1.29, 1.82) is 0 Å². The van der Waals surface area contributed by atoms with E-state index in [-0.39, 0.29) is 0 Å². The van der Waals surface area contributed by atoms with Crippen LogP contribution in [-0.2, 0) is 6.61 Å². The van der Waals surface area contributed by atoms with Crippen molar-refractivity contribution >= 4 is 11.6 Å². The van der Waals surface area contributed by atoms with Crippen LogP contribution in [0.1, 0.15) is 30.0 Å². The molecule has 1 aromatic carbocycles. The Morgan fingerprint density at radius 2 is 1.95 bits per heavy atom. The fraction of sp³-hybridized carbons (Fsp3) is 0.400. The summed E-state index contributed by atoms with van der Waals surface area (Å²) in [4.78, 5) is 7.21. The van der Waals surface area contributed by atoms with Crippen LogP contribution in [0.2, 0.25) is 5.02 Å². The van der Waals surface area contributed by atoms with Crippen molar-refractivity contribution in [3.8, 4) is 0 Å². The van der Waals surface area contributed by atoms with E-state index in [1.807, 2.05) is 30.5 Å². The number of benzene rings is 1. The maximum Gasteiger partial charge on any atom is 0.142 e. The zero-order chi connectivity index (χ0) is 13.8. The molecule has 0 atom stereocenters. The van der Waals surface area contributed by atoms with Crippen LogP contribution in [-0.4, -0.2) is 23.0 Å². The second kappa shape index (κ2) is 6.29. The molecule has 0 amide bonds. The highest BCUT2D eigenvalue weighted by Gasteiger charge is 2.17. The van der Waals surface area contributed by atoms with Crippen LogP contribution in [0, 0.1) is 0 Å². The molecular weight excluding hydrogens is 274 g/mol. The highest BCUT2D eigenvalue weighted by Crippen LogP contribution is 2.23. The number of piperidine rings is 1. The molecule has 0 bridgehead atoms. The van der Waals surface area contributed by atoms with Crippen molar-refractivity contribution in [3.63, 3.8) is 0 Å². The molecule has 1 aromatic heterocycles. The number of aromatic nitrogens is 2. The van der Waals surface area contributed by atoms with Crippen molar-refractivity contribution in [3.05, 3.63) is 52.8 Å². The molecule has 2 heterocycles. The van der Waals surface area contributed by atoms with Crippen LogP contribution in [0.25, 0.3) is 0 Å². The Morgan fingerprint density at radius 3 is 2.70 bits per heavy atom. The van der Waals surface area contributed by atoms with Crippen LogP contribution in [0.4, 0.5) is 0 Å². The van der Waals surface area contributed by atoms with Gasteiger partial charge in [0.05, 0.1) is 11.9 Å². The first-order valence-electron chi connectivity index (χ1n) is 6.95. The van der Waals surface area contributed by atoms with Gasteiger partial charge in [-0.1, -0.05) is 23.7 Å². The maximum atomic E-state index is 5.85. The SMILES string of the molecule is Clc1ccc(COn2ccc(C3CCNCC3)n2)cc1. The Morgan fingerprint density at radius 1 is 1.20 bits per heavy atom. The molecule has 0 radical (unpaired) electrons. The zero-order valence-electron chi connectivity index (χ0n) is 11.3. The summed E-state index contributed by atoms with van der Waals surface area (Å²) >= 11 is 5.85. The minimum atomic E-state index is 0.491. The Bertz CT molecular complexity index is 547. The third-order valence-corrected chi connectivity index (χ3v) is 3.87. The van der Waals surface area contributed by atoms with Gasteiger partial charge < -0.3 is 10.2 Å². The number of rotatable bonds is 4. The first-order chi connectivity index (χ1) is 9.81. The fourth-order valence-corrected chi connectivity index (χ4v) is 2.58. The van der Waals surface area contributed by atoms with Gasteiger partial charge in [0.25, 0.3) is 0 Å². The Hall–Kier alpha value is -1.52. The van der Waals surface area contributed by atoms with Gasteiger partial charge in [0, 0.05) is 10.9 Å². The highest BCUT2D eigenvalue weighted by molar-refractivity contribution is 6.30. The van der Waals surface area contributed by atoms with Gasteiger partial charge in [0.15, 0.2) is 0 Å². The van der Waals surface area contributed by atoms with E-state index in [0.717, 1.165) is 42.2 Å². The molecule has 2 aromatic rings. The maximum absolute atomic E-state index is 5.85. The second-order valence-corrected chi connectivity index (χ2v) is 5.50. The van der Waals surface area contributed by atoms with Gasteiger partial charge in [-0.25, -0.2) is 0 Å². The quantitative estimate of drug-likeness (QED) is 0.941. The molecule has 0 aliphatic carbocycles. The van der Waals surface area contributed by atoms with Gasteiger partial charge in [0.2, 0.25) is 0 Å². The lowest BCUT2D eigenvalue weighted by molar-refractivity contribution is 0.0687. The van der Waals surface area contributed by atoms with E-state index in [2.05, 4.69) is 16.5 Å². The summed E-state index contributed by atoms with van der Waals surface area (Å²) in [6, 6.07) is 9.70. The fourth-order valence-electron chi connectivity index (χ4n) is 2.45. The lowest BCUT2D eigenvalue weighted by atomic mass is 9.95. The molecule has 106 valence electrons. The summed E-state index contributed by atoms with van der Waals surface area (Å²) in [7, 11) is 0. The lowest BCUT2D eigenvalue weighted by Gasteiger charge is -2.20. The average Bonchev–Trinajstić information content (AvgIpc) is 2.97. The minimum absolute atomic E-state index is 0.491. The predicted octanol–water partition coefficient (Wildman–Crippen LogP) is 2.63. The van der Waals surface area contributed by atoms with Crippen LogP contribution >= 0.6 is 11.6 Å². The lowest BCUT2D eigenvalue weighted by Crippen LogP contribution is -2.27. The number of halogens is 1. The predicted molar refractivity (Wildman–Crippen MR) is 78.8 cm³/mol. The first-order valence-corrected chi connectivity index (χ1v) is 7.33. The Kier molecular flexibility index (Phi) is 4.23. The van der Waals surface area contributed by atoms with E-state index in [9.17, 15) is 0 Å². The molecule has 1 N–H and O–H groups in total. The molecule has 0 unspecified atom stereocenters. The van der Waals surface area contributed by atoms with Gasteiger partial charge in [-0.3, -0.25) is 0 Å². The van der Waals surface area contributed by atoms with Crippen molar-refractivity contribution in [1.82, 2.24) is 15.3 Å². The topological polar surface area (TPSA) is 39.1 Å². The van der Waals surface area contributed by atoms with Crippen LogP contribution in [0.5, 0.6) is 0 Å². The zero-order valence-corrected chi connectivity index (χ0v) is 12.0. The Balaban J connectivity index is 1.58. The molecule has 0 spiro atoms. The van der Waals surface area contributed by atoms with Crippen molar-refractivity contribution < 1.29 is 4.84 Å². The average molecular weight is 292 g/mol. The first kappa shape index (κ1) is 13.5. The molecule has 5 heteroatoms.